The number of likely N-dealkylation sites (tertiary alicyclic amines) is 1. The Morgan fingerprint density at radius 1 is 1.10 bits per heavy atom. The van der Waals surface area contributed by atoms with Gasteiger partial charge in [0.2, 0.25) is 11.8 Å². The van der Waals surface area contributed by atoms with E-state index >= 15 is 0 Å². The number of nitrogens with zero attached hydrogens (tertiary/aromatic N) is 2. The van der Waals surface area contributed by atoms with Crippen LogP contribution in [0.2, 0.25) is 0 Å². The van der Waals surface area contributed by atoms with Gasteiger partial charge in [0.05, 0.1) is 0 Å². The SMILES string of the molecule is CC(=O)O[C@H](C)[C@H](NC(=O)[C@@H](CC(C)C)N(C)C(=O)[C@@H]1CCCN1C(=O)[C@H](C)O)C(=O)OCc1ccccc1. The van der Waals surface area contributed by atoms with Crippen molar-refractivity contribution >= 4 is 29.7 Å². The lowest BCUT2D eigenvalue weighted by atomic mass is 10.00. The van der Waals surface area contributed by atoms with E-state index in [1.54, 1.807) is 24.3 Å². The Morgan fingerprint density at radius 2 is 1.74 bits per heavy atom. The fourth-order valence-corrected chi connectivity index (χ4v) is 4.57. The molecule has 0 bridgehead atoms. The van der Waals surface area contributed by atoms with Crippen LogP contribution in [0.4, 0.5) is 0 Å². The summed E-state index contributed by atoms with van der Waals surface area (Å²) in [6.45, 7) is 8.10. The molecular weight excluding hydrogens is 506 g/mol. The van der Waals surface area contributed by atoms with Crippen LogP contribution in [0, 0.1) is 5.92 Å². The van der Waals surface area contributed by atoms with Gasteiger partial charge in [-0.3, -0.25) is 19.2 Å². The van der Waals surface area contributed by atoms with Crippen molar-refractivity contribution < 1.29 is 38.6 Å². The molecular formula is C28H41N3O8. The fourth-order valence-electron chi connectivity index (χ4n) is 4.57. The smallest absolute Gasteiger partial charge is 0.332 e. The van der Waals surface area contributed by atoms with Gasteiger partial charge in [0.25, 0.3) is 5.91 Å². The van der Waals surface area contributed by atoms with Crippen LogP contribution in [0.15, 0.2) is 30.3 Å². The first-order valence-electron chi connectivity index (χ1n) is 13.3. The van der Waals surface area contributed by atoms with Crippen LogP contribution in [0.3, 0.4) is 0 Å². The van der Waals surface area contributed by atoms with Crippen LogP contribution >= 0.6 is 0 Å². The molecule has 1 aromatic rings. The molecule has 0 radical (unpaired) electrons. The number of benzene rings is 1. The van der Waals surface area contributed by atoms with Crippen LogP contribution in [0.5, 0.6) is 0 Å². The summed E-state index contributed by atoms with van der Waals surface area (Å²) in [5.74, 6) is -3.01. The Labute approximate surface area is 229 Å². The molecule has 1 aliphatic heterocycles. The summed E-state index contributed by atoms with van der Waals surface area (Å²) in [6.07, 6.45) is -0.999. The summed E-state index contributed by atoms with van der Waals surface area (Å²) in [5, 5.41) is 12.4. The molecule has 2 rings (SSSR count). The van der Waals surface area contributed by atoms with Gasteiger partial charge in [-0.1, -0.05) is 44.2 Å². The van der Waals surface area contributed by atoms with Gasteiger partial charge in [-0.2, -0.15) is 0 Å². The molecule has 39 heavy (non-hydrogen) atoms. The zero-order chi connectivity index (χ0) is 29.3. The Morgan fingerprint density at radius 3 is 2.31 bits per heavy atom. The van der Waals surface area contributed by atoms with E-state index in [1.165, 1.54) is 37.6 Å². The van der Waals surface area contributed by atoms with Crippen LogP contribution in [0.1, 0.15) is 59.4 Å². The van der Waals surface area contributed by atoms with E-state index in [0.717, 1.165) is 5.56 Å². The molecule has 1 fully saturated rings. The van der Waals surface area contributed by atoms with E-state index in [4.69, 9.17) is 9.47 Å². The van der Waals surface area contributed by atoms with E-state index < -0.39 is 60.0 Å². The normalized spacial score (nSPS) is 18.1. The summed E-state index contributed by atoms with van der Waals surface area (Å²) >= 11 is 0. The minimum Gasteiger partial charge on any atom is -0.460 e. The standard InChI is InChI=1S/C28H41N3O8/c1-17(2)15-23(30(6)27(36)22-13-10-14-31(22)26(35)18(3)32)25(34)29-24(19(4)39-20(5)33)28(37)38-16-21-11-8-7-9-12-21/h7-9,11-12,17-19,22-24,32H,10,13-16H2,1-6H3,(H,29,34)/t18-,19+,22-,23+,24-/m0/s1. The number of hydrogen-bond acceptors (Lipinski definition) is 8. The number of nitrogens with one attached hydrogen (secondary N) is 1. The zero-order valence-corrected chi connectivity index (χ0v) is 23.6. The van der Waals surface area contributed by atoms with Gasteiger partial charge in [0.1, 0.15) is 30.9 Å². The number of rotatable bonds is 12. The molecule has 2 N–H and O–H groups in total. The second-order valence-electron chi connectivity index (χ2n) is 10.4. The first kappa shape index (κ1) is 31.7. The maximum Gasteiger partial charge on any atom is 0.332 e. The second-order valence-corrected chi connectivity index (χ2v) is 10.4. The molecule has 1 aromatic carbocycles. The van der Waals surface area contributed by atoms with Gasteiger partial charge in [-0.15, -0.1) is 0 Å². The van der Waals surface area contributed by atoms with Crippen molar-refractivity contribution in [1.29, 1.82) is 0 Å². The lowest BCUT2D eigenvalue weighted by molar-refractivity contribution is -0.159. The molecule has 0 saturated carbocycles. The highest BCUT2D eigenvalue weighted by atomic mass is 16.6. The number of aliphatic hydroxyl groups excluding tert-OH is 1. The number of likely N-dealkylation sites (N-methyl/N-ethyl adjacent to an activating group) is 1. The number of carbonyl (C=O) groups excluding carboxylic acids is 5. The first-order chi connectivity index (χ1) is 18.3. The summed E-state index contributed by atoms with van der Waals surface area (Å²) < 4.78 is 10.6. The van der Waals surface area contributed by atoms with Crippen LogP contribution in [0.25, 0.3) is 0 Å². The highest BCUT2D eigenvalue weighted by molar-refractivity contribution is 5.94. The quantitative estimate of drug-likeness (QED) is 0.374. The minimum atomic E-state index is -1.32. The topological polar surface area (TPSA) is 143 Å². The Kier molecular flexibility index (Phi) is 11.9. The maximum absolute atomic E-state index is 13.6. The molecule has 0 aromatic heterocycles. The molecule has 0 aliphatic carbocycles. The Hall–Kier alpha value is -3.47. The lowest BCUT2D eigenvalue weighted by Crippen LogP contribution is -2.58. The van der Waals surface area contributed by atoms with E-state index in [0.29, 0.717) is 19.4 Å². The fraction of sp³-hybridized carbons (Fsp3) is 0.607. The molecule has 0 unspecified atom stereocenters. The Balaban J connectivity index is 2.24. The minimum absolute atomic E-state index is 0.00384. The van der Waals surface area contributed by atoms with Crippen molar-refractivity contribution in [3.8, 4) is 0 Å². The highest BCUT2D eigenvalue weighted by Gasteiger charge is 2.41. The van der Waals surface area contributed by atoms with Gasteiger partial charge >= 0.3 is 11.9 Å². The van der Waals surface area contributed by atoms with Crippen molar-refractivity contribution in [1.82, 2.24) is 15.1 Å². The largest absolute Gasteiger partial charge is 0.460 e. The van der Waals surface area contributed by atoms with Crippen molar-refractivity contribution in [2.45, 2.75) is 90.8 Å². The van der Waals surface area contributed by atoms with Crippen LogP contribution in [-0.2, 0) is 40.1 Å². The van der Waals surface area contributed by atoms with Gasteiger partial charge in [0.15, 0.2) is 6.04 Å². The van der Waals surface area contributed by atoms with Gasteiger partial charge in [-0.05, 0) is 44.6 Å². The molecule has 1 heterocycles. The maximum atomic E-state index is 13.6. The van der Waals surface area contributed by atoms with Crippen molar-refractivity contribution in [3.63, 3.8) is 0 Å². The van der Waals surface area contributed by atoms with Crippen LogP contribution in [-0.4, -0.2) is 88.5 Å². The monoisotopic (exact) mass is 547 g/mol. The molecule has 3 amide bonds. The highest BCUT2D eigenvalue weighted by Crippen LogP contribution is 2.22. The van der Waals surface area contributed by atoms with E-state index in [9.17, 15) is 29.1 Å². The van der Waals surface area contributed by atoms with Crippen molar-refractivity contribution in [2.24, 2.45) is 5.92 Å². The number of esters is 2. The molecule has 5 atom stereocenters. The number of carbonyl (C=O) groups is 5. The van der Waals surface area contributed by atoms with Gasteiger partial charge in [-0.25, -0.2) is 4.79 Å². The van der Waals surface area contributed by atoms with Crippen molar-refractivity contribution in [2.75, 3.05) is 13.6 Å². The number of hydrogen-bond donors (Lipinski definition) is 2. The number of aliphatic hydroxyl groups is 1. The molecule has 1 saturated heterocycles. The average molecular weight is 548 g/mol. The van der Waals surface area contributed by atoms with Crippen LogP contribution < -0.4 is 5.32 Å². The molecule has 216 valence electrons. The predicted octanol–water partition coefficient (Wildman–Crippen LogP) is 1.41. The van der Waals surface area contributed by atoms with E-state index in [1.807, 2.05) is 19.9 Å². The first-order valence-corrected chi connectivity index (χ1v) is 13.3. The van der Waals surface area contributed by atoms with E-state index in [-0.39, 0.29) is 18.9 Å². The third-order valence-corrected chi connectivity index (χ3v) is 6.59. The molecule has 1 aliphatic rings. The van der Waals surface area contributed by atoms with Crippen molar-refractivity contribution in [3.05, 3.63) is 35.9 Å². The third-order valence-electron chi connectivity index (χ3n) is 6.59. The summed E-state index contributed by atoms with van der Waals surface area (Å²) in [5.41, 5.74) is 0.743. The average Bonchev–Trinajstić information content (AvgIpc) is 3.37. The summed E-state index contributed by atoms with van der Waals surface area (Å²) in [7, 11) is 1.48. The predicted molar refractivity (Wildman–Crippen MR) is 142 cm³/mol. The molecule has 11 nitrogen and oxygen atoms in total. The number of amides is 3. The Bertz CT molecular complexity index is 1010. The third kappa shape index (κ3) is 9.05. The van der Waals surface area contributed by atoms with E-state index in [2.05, 4.69) is 5.32 Å². The second kappa shape index (κ2) is 14.6. The lowest BCUT2D eigenvalue weighted by Gasteiger charge is -2.34. The summed E-state index contributed by atoms with van der Waals surface area (Å²) in [4.78, 5) is 66.8. The summed E-state index contributed by atoms with van der Waals surface area (Å²) in [6, 6.07) is 5.90. The molecule has 11 heteroatoms. The molecule has 0 spiro atoms. The van der Waals surface area contributed by atoms with Gasteiger partial charge in [0, 0.05) is 20.5 Å². The number of ether oxygens (including phenoxy) is 2. The van der Waals surface area contributed by atoms with Gasteiger partial charge < -0.3 is 29.7 Å². The zero-order valence-electron chi connectivity index (χ0n) is 23.6.